The van der Waals surface area contributed by atoms with Gasteiger partial charge in [-0.25, -0.2) is 0 Å². The van der Waals surface area contributed by atoms with Crippen molar-refractivity contribution >= 4 is 12.0 Å². The Hall–Kier alpha value is -2.34. The minimum absolute atomic E-state index is 0.272. The predicted molar refractivity (Wildman–Crippen MR) is 118 cm³/mol. The molecule has 0 bridgehead atoms. The zero-order valence-corrected chi connectivity index (χ0v) is 17.1. The SMILES string of the molecule is C#CCC(CCCCCC=CCCC=Cc1ccccn1)CCCCC(=O)O. The first kappa shape index (κ1) is 23.7. The van der Waals surface area contributed by atoms with E-state index in [9.17, 15) is 4.79 Å². The van der Waals surface area contributed by atoms with Gasteiger partial charge in [0, 0.05) is 19.0 Å². The lowest BCUT2D eigenvalue weighted by Gasteiger charge is -2.13. The average molecular weight is 382 g/mol. The molecule has 1 rings (SSSR count). The Bertz CT molecular complexity index is 613. The molecule has 3 heteroatoms. The Morgan fingerprint density at radius 1 is 1.04 bits per heavy atom. The predicted octanol–water partition coefficient (Wildman–Crippen LogP) is 6.67. The number of hydrogen-bond acceptors (Lipinski definition) is 2. The third kappa shape index (κ3) is 13.8. The molecule has 0 fully saturated rings. The van der Waals surface area contributed by atoms with E-state index in [1.165, 1.54) is 25.7 Å². The molecule has 1 unspecified atom stereocenters. The normalized spacial score (nSPS) is 12.4. The first-order chi connectivity index (χ1) is 13.7. The van der Waals surface area contributed by atoms with E-state index in [0.717, 1.165) is 50.6 Å². The van der Waals surface area contributed by atoms with Crippen LogP contribution in [0.25, 0.3) is 6.08 Å². The Balaban J connectivity index is 2.01. The molecule has 1 heterocycles. The number of unbranched alkanes of at least 4 members (excludes halogenated alkanes) is 5. The number of terminal acetylenes is 1. The number of aliphatic carboxylic acids is 1. The van der Waals surface area contributed by atoms with Gasteiger partial charge in [0.15, 0.2) is 0 Å². The van der Waals surface area contributed by atoms with Crippen molar-refractivity contribution in [3.63, 3.8) is 0 Å². The summed E-state index contributed by atoms with van der Waals surface area (Å²) in [4.78, 5) is 14.8. The summed E-state index contributed by atoms with van der Waals surface area (Å²) in [6, 6.07) is 5.94. The molecule has 0 saturated heterocycles. The zero-order chi connectivity index (χ0) is 20.3. The molecule has 1 N–H and O–H groups in total. The molecule has 28 heavy (non-hydrogen) atoms. The van der Waals surface area contributed by atoms with Crippen molar-refractivity contribution in [2.75, 3.05) is 0 Å². The molecule has 0 radical (unpaired) electrons. The van der Waals surface area contributed by atoms with Crippen LogP contribution in [-0.4, -0.2) is 16.1 Å². The lowest BCUT2D eigenvalue weighted by Crippen LogP contribution is -2.01. The highest BCUT2D eigenvalue weighted by molar-refractivity contribution is 5.66. The highest BCUT2D eigenvalue weighted by atomic mass is 16.4. The fraction of sp³-hybridized carbons (Fsp3) is 0.520. The van der Waals surface area contributed by atoms with Crippen LogP contribution in [0.15, 0.2) is 42.6 Å². The maximum atomic E-state index is 10.6. The van der Waals surface area contributed by atoms with Crippen LogP contribution in [0.2, 0.25) is 0 Å². The first-order valence-corrected chi connectivity index (χ1v) is 10.6. The van der Waals surface area contributed by atoms with E-state index < -0.39 is 5.97 Å². The number of rotatable bonds is 16. The molecule has 0 amide bonds. The fourth-order valence-electron chi connectivity index (χ4n) is 3.20. The van der Waals surface area contributed by atoms with Crippen LogP contribution in [0.5, 0.6) is 0 Å². The lowest BCUT2D eigenvalue weighted by molar-refractivity contribution is -0.137. The molecule has 1 atom stereocenters. The molecule has 1 aromatic rings. The van der Waals surface area contributed by atoms with Crippen LogP contribution >= 0.6 is 0 Å². The van der Waals surface area contributed by atoms with Crippen LogP contribution in [0.4, 0.5) is 0 Å². The summed E-state index contributed by atoms with van der Waals surface area (Å²) in [5.41, 5.74) is 1.01. The number of nitrogens with zero attached hydrogens (tertiary/aromatic N) is 1. The molecule has 0 aliphatic rings. The van der Waals surface area contributed by atoms with Gasteiger partial charge in [-0.1, -0.05) is 43.6 Å². The van der Waals surface area contributed by atoms with Crippen molar-refractivity contribution in [2.45, 2.75) is 77.0 Å². The summed E-state index contributed by atoms with van der Waals surface area (Å²) < 4.78 is 0. The summed E-state index contributed by atoms with van der Waals surface area (Å²) in [6.07, 6.45) is 28.1. The minimum Gasteiger partial charge on any atom is -0.481 e. The topological polar surface area (TPSA) is 50.2 Å². The van der Waals surface area contributed by atoms with Crippen molar-refractivity contribution < 1.29 is 9.90 Å². The number of pyridine rings is 1. The minimum atomic E-state index is -0.703. The van der Waals surface area contributed by atoms with Crippen LogP contribution in [-0.2, 0) is 4.79 Å². The van der Waals surface area contributed by atoms with Crippen molar-refractivity contribution in [3.8, 4) is 12.3 Å². The monoisotopic (exact) mass is 381 g/mol. The Morgan fingerprint density at radius 2 is 1.79 bits per heavy atom. The standard InChI is InChI=1S/C25H35NO2/c1-2-16-23(18-12-13-21-25(27)28)17-10-8-6-4-3-5-7-9-11-19-24-20-14-15-22-26-24/h1,3,5,11,14-15,19-20,22-23H,4,6-10,12-13,16-18,21H2,(H,27,28). The first-order valence-electron chi connectivity index (χ1n) is 10.6. The molecule has 0 spiro atoms. The largest absolute Gasteiger partial charge is 0.481 e. The summed E-state index contributed by atoms with van der Waals surface area (Å²) in [5.74, 6) is 2.63. The van der Waals surface area contributed by atoms with Gasteiger partial charge in [-0.15, -0.1) is 12.3 Å². The Morgan fingerprint density at radius 3 is 2.50 bits per heavy atom. The van der Waals surface area contributed by atoms with E-state index in [1.807, 2.05) is 24.4 Å². The number of allylic oxidation sites excluding steroid dienone is 3. The van der Waals surface area contributed by atoms with Gasteiger partial charge in [-0.3, -0.25) is 9.78 Å². The van der Waals surface area contributed by atoms with Crippen LogP contribution in [0.3, 0.4) is 0 Å². The Kier molecular flexibility index (Phi) is 14.2. The van der Waals surface area contributed by atoms with Crippen molar-refractivity contribution in [1.29, 1.82) is 0 Å². The van der Waals surface area contributed by atoms with Gasteiger partial charge >= 0.3 is 5.97 Å². The van der Waals surface area contributed by atoms with Gasteiger partial charge < -0.3 is 5.11 Å². The van der Waals surface area contributed by atoms with Gasteiger partial charge in [0.05, 0.1) is 5.69 Å². The summed E-state index contributed by atoms with van der Waals surface area (Å²) in [6.45, 7) is 0. The molecule has 0 saturated carbocycles. The van der Waals surface area contributed by atoms with E-state index >= 15 is 0 Å². The second-order valence-electron chi connectivity index (χ2n) is 7.26. The second kappa shape index (κ2) is 16.8. The second-order valence-corrected chi connectivity index (χ2v) is 7.26. The van der Waals surface area contributed by atoms with E-state index in [2.05, 4.69) is 35.2 Å². The quantitative estimate of drug-likeness (QED) is 0.198. The van der Waals surface area contributed by atoms with E-state index in [4.69, 9.17) is 11.5 Å². The molecular formula is C25H35NO2. The molecule has 3 nitrogen and oxygen atoms in total. The van der Waals surface area contributed by atoms with Gasteiger partial charge in [0.25, 0.3) is 0 Å². The average Bonchev–Trinajstić information content (AvgIpc) is 2.69. The molecule has 152 valence electrons. The third-order valence-corrected chi connectivity index (χ3v) is 4.79. The summed E-state index contributed by atoms with van der Waals surface area (Å²) >= 11 is 0. The van der Waals surface area contributed by atoms with Crippen LogP contribution < -0.4 is 0 Å². The number of carbonyl (C=O) groups is 1. The van der Waals surface area contributed by atoms with Crippen LogP contribution in [0, 0.1) is 18.3 Å². The van der Waals surface area contributed by atoms with Crippen molar-refractivity contribution in [3.05, 3.63) is 48.3 Å². The van der Waals surface area contributed by atoms with Crippen molar-refractivity contribution in [1.82, 2.24) is 4.98 Å². The molecule has 0 aliphatic heterocycles. The molecule has 0 aliphatic carbocycles. The van der Waals surface area contributed by atoms with Crippen molar-refractivity contribution in [2.24, 2.45) is 5.92 Å². The Labute approximate surface area is 171 Å². The fourth-order valence-corrected chi connectivity index (χ4v) is 3.20. The maximum Gasteiger partial charge on any atom is 0.303 e. The molecule has 1 aromatic heterocycles. The highest BCUT2D eigenvalue weighted by Crippen LogP contribution is 2.20. The summed E-state index contributed by atoms with van der Waals surface area (Å²) in [7, 11) is 0. The van der Waals surface area contributed by atoms with Gasteiger partial charge in [0.2, 0.25) is 0 Å². The summed E-state index contributed by atoms with van der Waals surface area (Å²) in [5, 5.41) is 8.69. The van der Waals surface area contributed by atoms with E-state index in [-0.39, 0.29) is 6.42 Å². The van der Waals surface area contributed by atoms with Gasteiger partial charge in [-0.2, -0.15) is 0 Å². The number of aromatic nitrogens is 1. The van der Waals surface area contributed by atoms with E-state index in [0.29, 0.717) is 5.92 Å². The molecular weight excluding hydrogens is 346 g/mol. The third-order valence-electron chi connectivity index (χ3n) is 4.79. The number of hydrogen-bond donors (Lipinski definition) is 1. The number of carboxylic acids is 1. The molecule has 0 aromatic carbocycles. The zero-order valence-electron chi connectivity index (χ0n) is 17.1. The van der Waals surface area contributed by atoms with Crippen LogP contribution in [0.1, 0.15) is 82.7 Å². The van der Waals surface area contributed by atoms with E-state index in [1.54, 1.807) is 0 Å². The maximum absolute atomic E-state index is 10.6. The van der Waals surface area contributed by atoms with Gasteiger partial charge in [-0.05, 0) is 69.1 Å². The lowest BCUT2D eigenvalue weighted by atomic mass is 9.92. The highest BCUT2D eigenvalue weighted by Gasteiger charge is 2.07. The smallest absolute Gasteiger partial charge is 0.303 e. The number of carboxylic acid groups (broad SMARTS) is 1. The van der Waals surface area contributed by atoms with Gasteiger partial charge in [0.1, 0.15) is 0 Å².